The van der Waals surface area contributed by atoms with Gasteiger partial charge in [0.1, 0.15) is 0 Å². The van der Waals surface area contributed by atoms with Gasteiger partial charge in [0, 0.05) is 29.7 Å². The highest BCUT2D eigenvalue weighted by Crippen LogP contribution is 2.28. The van der Waals surface area contributed by atoms with Crippen LogP contribution in [-0.4, -0.2) is 25.0 Å². The number of carbonyl (C=O) groups excluding carboxylic acids is 1. The summed E-state index contributed by atoms with van der Waals surface area (Å²) in [5.74, 6) is 0.0347. The van der Waals surface area contributed by atoms with Crippen LogP contribution >= 0.6 is 11.3 Å². The van der Waals surface area contributed by atoms with E-state index in [4.69, 9.17) is 0 Å². The molecule has 1 amide bonds. The molecule has 21 heavy (non-hydrogen) atoms. The van der Waals surface area contributed by atoms with Crippen LogP contribution in [0.1, 0.15) is 27.0 Å². The Kier molecular flexibility index (Phi) is 3.97. The molecule has 1 aromatic heterocycles. The van der Waals surface area contributed by atoms with Gasteiger partial charge in [-0.1, -0.05) is 18.2 Å². The van der Waals surface area contributed by atoms with Gasteiger partial charge in [-0.2, -0.15) is 0 Å². The van der Waals surface area contributed by atoms with E-state index in [1.807, 2.05) is 19.1 Å². The molecular weight excluding hydrogens is 280 g/mol. The third-order valence-corrected chi connectivity index (χ3v) is 4.98. The number of carbonyl (C=O) groups is 1. The van der Waals surface area contributed by atoms with Crippen LogP contribution in [0.2, 0.25) is 0 Å². The number of para-hydroxylation sites is 1. The maximum Gasteiger partial charge on any atom is 0.261 e. The molecule has 0 bridgehead atoms. The molecule has 0 saturated carbocycles. The summed E-state index contributed by atoms with van der Waals surface area (Å²) in [6, 6.07) is 12.7. The normalized spacial score (nSPS) is 14.9. The molecule has 0 fully saturated rings. The summed E-state index contributed by atoms with van der Waals surface area (Å²) in [5.41, 5.74) is 2.72. The Morgan fingerprint density at radius 1 is 1.33 bits per heavy atom. The van der Waals surface area contributed by atoms with Gasteiger partial charge < -0.3 is 10.2 Å². The average Bonchev–Trinajstić information content (AvgIpc) is 3.10. The second-order valence-corrected chi connectivity index (χ2v) is 6.83. The summed E-state index contributed by atoms with van der Waals surface area (Å²) in [5, 5.41) is 3.05. The Hall–Kier alpha value is -1.81. The molecule has 1 aromatic carbocycles. The second-order valence-electron chi connectivity index (χ2n) is 5.54. The number of fused-ring (bicyclic) bond motifs is 1. The minimum Gasteiger partial charge on any atom is -0.366 e. The van der Waals surface area contributed by atoms with Crippen LogP contribution in [0.4, 0.5) is 5.69 Å². The van der Waals surface area contributed by atoms with Gasteiger partial charge in [-0.25, -0.2) is 0 Å². The van der Waals surface area contributed by atoms with Crippen molar-refractivity contribution in [2.45, 2.75) is 26.3 Å². The lowest BCUT2D eigenvalue weighted by Crippen LogP contribution is -2.41. The van der Waals surface area contributed by atoms with Crippen LogP contribution in [0.5, 0.6) is 0 Å². The van der Waals surface area contributed by atoms with Crippen molar-refractivity contribution in [1.82, 2.24) is 5.32 Å². The molecule has 1 aliphatic heterocycles. The van der Waals surface area contributed by atoms with Crippen molar-refractivity contribution in [2.75, 3.05) is 18.0 Å². The van der Waals surface area contributed by atoms with Gasteiger partial charge in [-0.15, -0.1) is 11.3 Å². The molecule has 0 radical (unpaired) electrons. The number of thiophene rings is 1. The third kappa shape index (κ3) is 2.95. The Morgan fingerprint density at radius 2 is 2.14 bits per heavy atom. The van der Waals surface area contributed by atoms with Crippen molar-refractivity contribution < 1.29 is 4.79 Å². The fourth-order valence-electron chi connectivity index (χ4n) is 2.82. The third-order valence-electron chi connectivity index (χ3n) is 3.98. The predicted molar refractivity (Wildman–Crippen MR) is 88.3 cm³/mol. The molecule has 0 aliphatic carbocycles. The molecule has 0 unspecified atom stereocenters. The molecule has 110 valence electrons. The quantitative estimate of drug-likeness (QED) is 0.940. The lowest BCUT2D eigenvalue weighted by Gasteiger charge is -2.27. The van der Waals surface area contributed by atoms with E-state index in [9.17, 15) is 4.79 Å². The largest absolute Gasteiger partial charge is 0.366 e. The van der Waals surface area contributed by atoms with Crippen LogP contribution < -0.4 is 10.2 Å². The summed E-state index contributed by atoms with van der Waals surface area (Å²) in [6.07, 6.45) is 1.10. The van der Waals surface area contributed by atoms with Crippen molar-refractivity contribution in [3.8, 4) is 0 Å². The van der Waals surface area contributed by atoms with Crippen molar-refractivity contribution >= 4 is 22.9 Å². The fraction of sp³-hybridized carbons (Fsp3) is 0.353. The monoisotopic (exact) mass is 300 g/mol. The highest BCUT2D eigenvalue weighted by Gasteiger charge is 2.23. The Labute approximate surface area is 129 Å². The molecule has 1 atom stereocenters. The number of aryl methyl sites for hydroxylation is 1. The molecule has 2 aromatic rings. The maximum atomic E-state index is 12.1. The molecule has 3 nitrogen and oxygen atoms in total. The number of amides is 1. The van der Waals surface area contributed by atoms with Crippen LogP contribution in [0, 0.1) is 6.92 Å². The van der Waals surface area contributed by atoms with Gasteiger partial charge in [0.05, 0.1) is 4.88 Å². The molecule has 1 aliphatic rings. The van der Waals surface area contributed by atoms with Crippen LogP contribution in [0.15, 0.2) is 36.4 Å². The molecule has 3 rings (SSSR count). The molecule has 2 heterocycles. The number of hydrogen-bond donors (Lipinski definition) is 1. The number of hydrogen-bond acceptors (Lipinski definition) is 3. The van der Waals surface area contributed by atoms with Gasteiger partial charge in [0.2, 0.25) is 0 Å². The Balaban J connectivity index is 1.60. The standard InChI is InChI=1S/C17H20N2OS/c1-12(11-18-17(20)16-8-7-13(2)21-16)19-10-9-14-5-3-4-6-15(14)19/h3-8,12H,9-11H2,1-2H3,(H,18,20)/t12-/m1/s1. The highest BCUT2D eigenvalue weighted by molar-refractivity contribution is 7.13. The molecule has 4 heteroatoms. The van der Waals surface area contributed by atoms with Crippen molar-refractivity contribution in [1.29, 1.82) is 0 Å². The highest BCUT2D eigenvalue weighted by atomic mass is 32.1. The van der Waals surface area contributed by atoms with Crippen molar-refractivity contribution in [3.63, 3.8) is 0 Å². The average molecular weight is 300 g/mol. The summed E-state index contributed by atoms with van der Waals surface area (Å²) >= 11 is 1.54. The first-order valence-electron chi connectivity index (χ1n) is 7.34. The Bertz CT molecular complexity index is 650. The zero-order valence-electron chi connectivity index (χ0n) is 12.4. The first-order chi connectivity index (χ1) is 10.1. The van der Waals surface area contributed by atoms with Gasteiger partial charge in [-0.3, -0.25) is 4.79 Å². The second kappa shape index (κ2) is 5.90. The van der Waals surface area contributed by atoms with Gasteiger partial charge in [0.25, 0.3) is 5.91 Å². The number of anilines is 1. The number of nitrogens with one attached hydrogen (secondary N) is 1. The van der Waals surface area contributed by atoms with Crippen molar-refractivity contribution in [2.24, 2.45) is 0 Å². The van der Waals surface area contributed by atoms with Crippen LogP contribution in [-0.2, 0) is 6.42 Å². The van der Waals surface area contributed by atoms with E-state index < -0.39 is 0 Å². The zero-order valence-corrected chi connectivity index (χ0v) is 13.2. The SMILES string of the molecule is Cc1ccc(C(=O)NC[C@@H](C)N2CCc3ccccc32)s1. The summed E-state index contributed by atoms with van der Waals surface area (Å²) < 4.78 is 0. The predicted octanol–water partition coefficient (Wildman–Crippen LogP) is 3.24. The summed E-state index contributed by atoms with van der Waals surface area (Å²) in [4.78, 5) is 16.4. The molecule has 1 N–H and O–H groups in total. The number of benzene rings is 1. The zero-order chi connectivity index (χ0) is 14.8. The van der Waals surface area contributed by atoms with Crippen molar-refractivity contribution in [3.05, 3.63) is 51.7 Å². The maximum absolute atomic E-state index is 12.1. The summed E-state index contributed by atoms with van der Waals surface area (Å²) in [6.45, 7) is 5.89. The van der Waals surface area contributed by atoms with Gasteiger partial charge >= 0.3 is 0 Å². The number of nitrogens with zero attached hydrogens (tertiary/aromatic N) is 1. The van der Waals surface area contributed by atoms with E-state index in [0.29, 0.717) is 12.6 Å². The van der Waals surface area contributed by atoms with E-state index in [0.717, 1.165) is 17.8 Å². The van der Waals surface area contributed by atoms with Gasteiger partial charge in [-0.05, 0) is 44.0 Å². The van der Waals surface area contributed by atoms with E-state index >= 15 is 0 Å². The summed E-state index contributed by atoms with van der Waals surface area (Å²) in [7, 11) is 0. The minimum atomic E-state index is 0.0347. The van der Waals surface area contributed by atoms with E-state index in [2.05, 4.69) is 41.4 Å². The topological polar surface area (TPSA) is 32.3 Å². The van der Waals surface area contributed by atoms with E-state index in [1.165, 1.54) is 16.1 Å². The lowest BCUT2D eigenvalue weighted by molar-refractivity contribution is 0.0955. The van der Waals surface area contributed by atoms with E-state index in [-0.39, 0.29) is 5.91 Å². The molecular formula is C17H20N2OS. The minimum absolute atomic E-state index is 0.0347. The Morgan fingerprint density at radius 3 is 2.90 bits per heavy atom. The van der Waals surface area contributed by atoms with Crippen LogP contribution in [0.3, 0.4) is 0 Å². The van der Waals surface area contributed by atoms with E-state index in [1.54, 1.807) is 11.3 Å². The van der Waals surface area contributed by atoms with Gasteiger partial charge in [0.15, 0.2) is 0 Å². The molecule has 0 spiro atoms. The number of rotatable bonds is 4. The smallest absolute Gasteiger partial charge is 0.261 e. The van der Waals surface area contributed by atoms with Crippen LogP contribution in [0.25, 0.3) is 0 Å². The molecule has 0 saturated heterocycles. The lowest BCUT2D eigenvalue weighted by atomic mass is 10.2. The first kappa shape index (κ1) is 14.1. The fourth-order valence-corrected chi connectivity index (χ4v) is 3.60. The first-order valence-corrected chi connectivity index (χ1v) is 8.16.